The average molecular weight is 437 g/mol. The highest BCUT2D eigenvalue weighted by Crippen LogP contribution is 2.17. The fraction of sp³-hybridized carbons (Fsp3) is 0.200. The molecule has 0 saturated heterocycles. The number of carboxylic acid groups (broad SMARTS) is 2. The van der Waals surface area contributed by atoms with Crippen molar-refractivity contribution in [2.45, 2.75) is 19.1 Å². The van der Waals surface area contributed by atoms with Gasteiger partial charge in [-0.25, -0.2) is 9.59 Å². The largest absolute Gasteiger partial charge is 0.491 e. The van der Waals surface area contributed by atoms with E-state index < -0.39 is 18.0 Å². The Kier molecular flexibility index (Phi) is 10.4. The van der Waals surface area contributed by atoms with Gasteiger partial charge in [0.1, 0.15) is 18.5 Å². The molecule has 0 aromatic heterocycles. The lowest BCUT2D eigenvalue weighted by atomic mass is 10.1. The van der Waals surface area contributed by atoms with Crippen molar-refractivity contribution in [1.82, 2.24) is 5.32 Å². The minimum Gasteiger partial charge on any atom is -0.491 e. The Labute approximate surface area is 186 Å². The van der Waals surface area contributed by atoms with Gasteiger partial charge in [-0.2, -0.15) is 0 Å². The van der Waals surface area contributed by atoms with Crippen molar-refractivity contribution in [1.29, 1.82) is 0 Å². The van der Waals surface area contributed by atoms with Crippen LogP contribution in [0.2, 0.25) is 0 Å². The summed E-state index contributed by atoms with van der Waals surface area (Å²) in [4.78, 5) is 18.2. The third-order valence-electron chi connectivity index (χ3n) is 4.46. The van der Waals surface area contributed by atoms with Gasteiger partial charge in [-0.15, -0.1) is 0 Å². The standard InChI is InChI=1S/C23H25NO2.C2H2O4/c25-23(21-9-5-2-6-10-21)18-26-22-13-11-20(12-14-22)17-24-16-15-19-7-3-1-4-8-19;3-1(4)2(5)6/h1-14,23-25H,15-18H2;(H,3,4)(H,5,6). The third-order valence-corrected chi connectivity index (χ3v) is 4.46. The Hall–Kier alpha value is -3.68. The van der Waals surface area contributed by atoms with Gasteiger partial charge >= 0.3 is 11.9 Å². The van der Waals surface area contributed by atoms with Crippen LogP contribution in [0, 0.1) is 0 Å². The quantitative estimate of drug-likeness (QED) is 0.300. The summed E-state index contributed by atoms with van der Waals surface area (Å²) in [5, 5.41) is 28.4. The number of rotatable bonds is 9. The summed E-state index contributed by atoms with van der Waals surface area (Å²) < 4.78 is 5.69. The molecule has 32 heavy (non-hydrogen) atoms. The maximum Gasteiger partial charge on any atom is 0.414 e. The number of carbonyl (C=O) groups is 2. The van der Waals surface area contributed by atoms with Gasteiger partial charge in [-0.05, 0) is 41.8 Å². The predicted octanol–water partition coefficient (Wildman–Crippen LogP) is 3.29. The third kappa shape index (κ3) is 9.42. The van der Waals surface area contributed by atoms with E-state index in [4.69, 9.17) is 24.5 Å². The monoisotopic (exact) mass is 437 g/mol. The lowest BCUT2D eigenvalue weighted by Gasteiger charge is -2.13. The van der Waals surface area contributed by atoms with E-state index >= 15 is 0 Å². The molecule has 0 radical (unpaired) electrons. The van der Waals surface area contributed by atoms with Crippen LogP contribution < -0.4 is 10.1 Å². The topological polar surface area (TPSA) is 116 Å². The highest BCUT2D eigenvalue weighted by molar-refractivity contribution is 6.27. The van der Waals surface area contributed by atoms with Gasteiger partial charge in [-0.3, -0.25) is 0 Å². The summed E-state index contributed by atoms with van der Waals surface area (Å²) in [6.07, 6.45) is 0.412. The van der Waals surface area contributed by atoms with Gasteiger partial charge in [0, 0.05) is 6.54 Å². The van der Waals surface area contributed by atoms with E-state index in [0.29, 0.717) is 0 Å². The molecular weight excluding hydrogens is 410 g/mol. The summed E-state index contributed by atoms with van der Waals surface area (Å²) in [7, 11) is 0. The first-order valence-corrected chi connectivity index (χ1v) is 10.1. The van der Waals surface area contributed by atoms with E-state index in [9.17, 15) is 5.11 Å². The second kappa shape index (κ2) is 13.6. The molecule has 0 fully saturated rings. The molecule has 0 heterocycles. The number of aliphatic hydroxyl groups excluding tert-OH is 1. The van der Waals surface area contributed by atoms with Crippen molar-refractivity contribution in [2.24, 2.45) is 0 Å². The second-order valence-corrected chi connectivity index (χ2v) is 6.90. The molecule has 0 bridgehead atoms. The van der Waals surface area contributed by atoms with Crippen molar-refractivity contribution >= 4 is 11.9 Å². The van der Waals surface area contributed by atoms with Gasteiger partial charge in [0.05, 0.1) is 0 Å². The fourth-order valence-electron chi connectivity index (χ4n) is 2.76. The first-order valence-electron chi connectivity index (χ1n) is 10.1. The Balaban J connectivity index is 0.000000534. The van der Waals surface area contributed by atoms with Crippen molar-refractivity contribution in [2.75, 3.05) is 13.2 Å². The van der Waals surface area contributed by atoms with Crippen LogP contribution in [0.15, 0.2) is 84.9 Å². The minimum absolute atomic E-state index is 0.249. The van der Waals surface area contributed by atoms with Crippen LogP contribution in [0.4, 0.5) is 0 Å². The van der Waals surface area contributed by atoms with E-state index in [2.05, 4.69) is 41.7 Å². The molecule has 168 valence electrons. The molecule has 3 rings (SSSR count). The molecule has 0 saturated carbocycles. The van der Waals surface area contributed by atoms with E-state index in [1.807, 2.05) is 48.5 Å². The molecule has 0 aliphatic heterocycles. The Bertz CT molecular complexity index is 933. The van der Waals surface area contributed by atoms with Gasteiger partial charge in [0.15, 0.2) is 0 Å². The summed E-state index contributed by atoms with van der Waals surface area (Å²) in [6, 6.07) is 28.1. The number of ether oxygens (including phenoxy) is 1. The molecule has 0 aliphatic rings. The van der Waals surface area contributed by atoms with Crippen molar-refractivity contribution in [3.8, 4) is 5.75 Å². The molecule has 3 aromatic carbocycles. The van der Waals surface area contributed by atoms with Crippen LogP contribution in [-0.4, -0.2) is 40.4 Å². The van der Waals surface area contributed by atoms with Gasteiger partial charge in [0.25, 0.3) is 0 Å². The zero-order valence-corrected chi connectivity index (χ0v) is 17.6. The van der Waals surface area contributed by atoms with Crippen molar-refractivity contribution < 1.29 is 29.6 Å². The zero-order valence-electron chi connectivity index (χ0n) is 17.6. The first-order chi connectivity index (χ1) is 15.5. The lowest BCUT2D eigenvalue weighted by Crippen LogP contribution is -2.16. The molecule has 0 spiro atoms. The molecule has 3 aromatic rings. The predicted molar refractivity (Wildman–Crippen MR) is 120 cm³/mol. The molecule has 4 N–H and O–H groups in total. The van der Waals surface area contributed by atoms with Crippen molar-refractivity contribution in [3.05, 3.63) is 102 Å². The summed E-state index contributed by atoms with van der Waals surface area (Å²) >= 11 is 0. The normalized spacial score (nSPS) is 11.0. The van der Waals surface area contributed by atoms with Gasteiger partial charge in [-0.1, -0.05) is 72.8 Å². The summed E-state index contributed by atoms with van der Waals surface area (Å²) in [5.74, 6) is -2.88. The molecule has 1 unspecified atom stereocenters. The Morgan fingerprint density at radius 1 is 0.781 bits per heavy atom. The highest BCUT2D eigenvalue weighted by atomic mass is 16.5. The molecule has 0 aliphatic carbocycles. The lowest BCUT2D eigenvalue weighted by molar-refractivity contribution is -0.159. The molecule has 1 atom stereocenters. The number of nitrogens with one attached hydrogen (secondary N) is 1. The van der Waals surface area contributed by atoms with Crippen LogP contribution in [-0.2, 0) is 22.6 Å². The molecule has 0 amide bonds. The Morgan fingerprint density at radius 3 is 1.91 bits per heavy atom. The maximum absolute atomic E-state index is 10.1. The summed E-state index contributed by atoms with van der Waals surface area (Å²) in [6.45, 7) is 2.03. The average Bonchev–Trinajstić information content (AvgIpc) is 2.82. The molecular formula is C25H27NO6. The van der Waals surface area contributed by atoms with Crippen molar-refractivity contribution in [3.63, 3.8) is 0 Å². The van der Waals surface area contributed by atoms with E-state index in [-0.39, 0.29) is 6.61 Å². The van der Waals surface area contributed by atoms with E-state index in [1.54, 1.807) is 0 Å². The minimum atomic E-state index is -1.82. The molecule has 7 nitrogen and oxygen atoms in total. The SMILES string of the molecule is O=C(O)C(=O)O.OC(COc1ccc(CNCCc2ccccc2)cc1)c1ccccc1. The highest BCUT2D eigenvalue weighted by Gasteiger charge is 2.07. The number of aliphatic hydroxyl groups is 1. The second-order valence-electron chi connectivity index (χ2n) is 6.90. The van der Waals surface area contributed by atoms with E-state index in [1.165, 1.54) is 11.1 Å². The van der Waals surface area contributed by atoms with Crippen LogP contribution >= 0.6 is 0 Å². The first kappa shape index (κ1) is 24.6. The Morgan fingerprint density at radius 2 is 1.34 bits per heavy atom. The number of hydrogen-bond donors (Lipinski definition) is 4. The van der Waals surface area contributed by atoms with Crippen LogP contribution in [0.25, 0.3) is 0 Å². The molecule has 7 heteroatoms. The number of benzene rings is 3. The smallest absolute Gasteiger partial charge is 0.414 e. The van der Waals surface area contributed by atoms with E-state index in [0.717, 1.165) is 30.8 Å². The number of carboxylic acids is 2. The number of aliphatic carboxylic acids is 2. The van der Waals surface area contributed by atoms with Gasteiger partial charge in [0.2, 0.25) is 0 Å². The van der Waals surface area contributed by atoms with Crippen LogP contribution in [0.5, 0.6) is 5.75 Å². The zero-order chi connectivity index (χ0) is 23.2. The van der Waals surface area contributed by atoms with Crippen LogP contribution in [0.3, 0.4) is 0 Å². The number of hydrogen-bond acceptors (Lipinski definition) is 5. The fourth-order valence-corrected chi connectivity index (χ4v) is 2.76. The maximum atomic E-state index is 10.1. The summed E-state index contributed by atoms with van der Waals surface area (Å²) in [5.41, 5.74) is 3.43. The van der Waals surface area contributed by atoms with Crippen LogP contribution in [0.1, 0.15) is 22.8 Å². The van der Waals surface area contributed by atoms with Gasteiger partial charge < -0.3 is 25.4 Å².